The summed E-state index contributed by atoms with van der Waals surface area (Å²) < 4.78 is 13.3. The molecule has 2 nitrogen and oxygen atoms in total. The van der Waals surface area contributed by atoms with Crippen LogP contribution in [0.25, 0.3) is 0 Å². The number of rotatable bonds is 5. The molecule has 0 spiro atoms. The molecule has 0 aromatic heterocycles. The molecule has 2 unspecified atom stereocenters. The van der Waals surface area contributed by atoms with Gasteiger partial charge in [-0.3, -0.25) is 4.79 Å². The number of benzene rings is 2. The predicted octanol–water partition coefficient (Wildman–Crippen LogP) is 3.58. The van der Waals surface area contributed by atoms with Gasteiger partial charge in [0.25, 0.3) is 0 Å². The van der Waals surface area contributed by atoms with Gasteiger partial charge in [0.05, 0.1) is 0 Å². The summed E-state index contributed by atoms with van der Waals surface area (Å²) in [7, 11) is 0. The van der Waals surface area contributed by atoms with Gasteiger partial charge in [0.15, 0.2) is 0 Å². The molecule has 2 rings (SSSR count). The monoisotopic (exact) mass is 285 g/mol. The molecular weight excluding hydrogens is 265 g/mol. The first kappa shape index (κ1) is 15.4. The van der Waals surface area contributed by atoms with Crippen LogP contribution < -0.4 is 5.73 Å². The lowest BCUT2D eigenvalue weighted by molar-refractivity contribution is -0.122. The number of aryl methyl sites for hydroxylation is 1. The maximum atomic E-state index is 13.3. The van der Waals surface area contributed by atoms with Crippen molar-refractivity contribution in [1.29, 1.82) is 0 Å². The highest BCUT2D eigenvalue weighted by atomic mass is 19.1. The van der Waals surface area contributed by atoms with Gasteiger partial charge >= 0.3 is 0 Å². The molecule has 3 heteroatoms. The van der Waals surface area contributed by atoms with E-state index in [0.29, 0.717) is 0 Å². The van der Waals surface area contributed by atoms with Crippen molar-refractivity contribution in [3.8, 4) is 0 Å². The van der Waals surface area contributed by atoms with Crippen molar-refractivity contribution in [3.05, 3.63) is 71.0 Å². The minimum absolute atomic E-state index is 0.0278. The highest BCUT2D eigenvalue weighted by molar-refractivity contribution is 5.84. The lowest BCUT2D eigenvalue weighted by Crippen LogP contribution is -2.27. The standard InChI is InChI=1S/C18H20FNO/c1-12-8-9-16(19)10-15(12)11-17(21)13(2)18(20)14-6-4-3-5-7-14/h3-10,13,18H,11,20H2,1-2H3. The van der Waals surface area contributed by atoms with Crippen molar-refractivity contribution in [2.24, 2.45) is 11.7 Å². The largest absolute Gasteiger partial charge is 0.323 e. The van der Waals surface area contributed by atoms with Crippen LogP contribution in [0.1, 0.15) is 29.7 Å². The Balaban J connectivity index is 2.11. The molecule has 0 aliphatic rings. The maximum absolute atomic E-state index is 13.3. The van der Waals surface area contributed by atoms with E-state index in [-0.39, 0.29) is 30.0 Å². The van der Waals surface area contributed by atoms with Gasteiger partial charge in [0, 0.05) is 18.4 Å². The first-order valence-corrected chi connectivity index (χ1v) is 7.07. The van der Waals surface area contributed by atoms with Crippen molar-refractivity contribution in [3.63, 3.8) is 0 Å². The fraction of sp³-hybridized carbons (Fsp3) is 0.278. The van der Waals surface area contributed by atoms with E-state index in [2.05, 4.69) is 0 Å². The fourth-order valence-electron chi connectivity index (χ4n) is 2.34. The highest BCUT2D eigenvalue weighted by Gasteiger charge is 2.22. The zero-order chi connectivity index (χ0) is 15.4. The molecule has 2 aromatic rings. The number of nitrogens with two attached hydrogens (primary N) is 1. The Morgan fingerprint density at radius 1 is 1.19 bits per heavy atom. The first-order valence-electron chi connectivity index (χ1n) is 7.07. The van der Waals surface area contributed by atoms with Crippen LogP contribution in [0.5, 0.6) is 0 Å². The van der Waals surface area contributed by atoms with Crippen LogP contribution >= 0.6 is 0 Å². The van der Waals surface area contributed by atoms with E-state index < -0.39 is 0 Å². The van der Waals surface area contributed by atoms with E-state index >= 15 is 0 Å². The second-order valence-corrected chi connectivity index (χ2v) is 5.44. The molecular formula is C18H20FNO. The topological polar surface area (TPSA) is 43.1 Å². The van der Waals surface area contributed by atoms with E-state index in [1.807, 2.05) is 44.2 Å². The van der Waals surface area contributed by atoms with Crippen LogP contribution in [0.2, 0.25) is 0 Å². The van der Waals surface area contributed by atoms with Gasteiger partial charge < -0.3 is 5.73 Å². The molecule has 0 bridgehead atoms. The summed E-state index contributed by atoms with van der Waals surface area (Å²) in [5.74, 6) is -0.599. The molecule has 2 aromatic carbocycles. The van der Waals surface area contributed by atoms with Crippen molar-refractivity contribution in [2.45, 2.75) is 26.3 Å². The van der Waals surface area contributed by atoms with Crippen LogP contribution in [-0.2, 0) is 11.2 Å². The zero-order valence-corrected chi connectivity index (χ0v) is 12.3. The van der Waals surface area contributed by atoms with Gasteiger partial charge in [-0.15, -0.1) is 0 Å². The van der Waals surface area contributed by atoms with Gasteiger partial charge in [0.2, 0.25) is 0 Å². The average Bonchev–Trinajstić information content (AvgIpc) is 2.50. The Labute approximate surface area is 124 Å². The van der Waals surface area contributed by atoms with E-state index in [0.717, 1.165) is 16.7 Å². The first-order chi connectivity index (χ1) is 9.99. The minimum Gasteiger partial charge on any atom is -0.323 e. The summed E-state index contributed by atoms with van der Waals surface area (Å²) in [6, 6.07) is 13.7. The third-order valence-electron chi connectivity index (χ3n) is 3.91. The lowest BCUT2D eigenvalue weighted by Gasteiger charge is -2.19. The smallest absolute Gasteiger partial charge is 0.141 e. The molecule has 0 aliphatic carbocycles. The van der Waals surface area contributed by atoms with E-state index in [4.69, 9.17) is 5.73 Å². The Morgan fingerprint density at radius 3 is 2.52 bits per heavy atom. The molecule has 110 valence electrons. The number of ketones is 1. The van der Waals surface area contributed by atoms with E-state index in [1.165, 1.54) is 12.1 Å². The van der Waals surface area contributed by atoms with Gasteiger partial charge in [-0.05, 0) is 35.7 Å². The molecule has 0 amide bonds. The van der Waals surface area contributed by atoms with Crippen LogP contribution in [0.4, 0.5) is 4.39 Å². The van der Waals surface area contributed by atoms with Crippen molar-refractivity contribution >= 4 is 5.78 Å². The maximum Gasteiger partial charge on any atom is 0.141 e. The number of hydrogen-bond donors (Lipinski definition) is 1. The van der Waals surface area contributed by atoms with E-state index in [1.54, 1.807) is 6.07 Å². The predicted molar refractivity (Wildman–Crippen MR) is 82.4 cm³/mol. The highest BCUT2D eigenvalue weighted by Crippen LogP contribution is 2.22. The summed E-state index contributed by atoms with van der Waals surface area (Å²) >= 11 is 0. The molecule has 0 saturated carbocycles. The van der Waals surface area contributed by atoms with Gasteiger partial charge in [-0.25, -0.2) is 4.39 Å². The average molecular weight is 285 g/mol. The van der Waals surface area contributed by atoms with Crippen LogP contribution in [0.15, 0.2) is 48.5 Å². The Morgan fingerprint density at radius 2 is 1.86 bits per heavy atom. The Hall–Kier alpha value is -2.00. The molecule has 0 radical (unpaired) electrons. The molecule has 21 heavy (non-hydrogen) atoms. The summed E-state index contributed by atoms with van der Waals surface area (Å²) in [6.45, 7) is 3.71. The van der Waals surface area contributed by atoms with Crippen LogP contribution in [0.3, 0.4) is 0 Å². The summed E-state index contributed by atoms with van der Waals surface area (Å²) in [5, 5.41) is 0. The summed E-state index contributed by atoms with van der Waals surface area (Å²) in [5.41, 5.74) is 8.76. The second kappa shape index (κ2) is 6.64. The third kappa shape index (κ3) is 3.76. The third-order valence-corrected chi connectivity index (χ3v) is 3.91. The van der Waals surface area contributed by atoms with E-state index in [9.17, 15) is 9.18 Å². The zero-order valence-electron chi connectivity index (χ0n) is 12.3. The number of Topliss-reactive ketones (excluding diaryl/α,β-unsaturated/α-hetero) is 1. The fourth-order valence-corrected chi connectivity index (χ4v) is 2.34. The molecule has 0 aliphatic heterocycles. The number of carbonyl (C=O) groups is 1. The normalized spacial score (nSPS) is 13.7. The van der Waals surface area contributed by atoms with Gasteiger partial charge in [0.1, 0.15) is 11.6 Å². The number of halogens is 1. The summed E-state index contributed by atoms with van der Waals surface area (Å²) in [4.78, 5) is 12.4. The lowest BCUT2D eigenvalue weighted by atomic mass is 9.88. The van der Waals surface area contributed by atoms with Crippen molar-refractivity contribution in [1.82, 2.24) is 0 Å². The van der Waals surface area contributed by atoms with Gasteiger partial charge in [-0.2, -0.15) is 0 Å². The van der Waals surface area contributed by atoms with Crippen LogP contribution in [-0.4, -0.2) is 5.78 Å². The minimum atomic E-state index is -0.340. The second-order valence-electron chi connectivity index (χ2n) is 5.44. The molecule has 0 heterocycles. The molecule has 2 N–H and O–H groups in total. The Kier molecular flexibility index (Phi) is 4.86. The Bertz CT molecular complexity index is 624. The number of hydrogen-bond acceptors (Lipinski definition) is 2. The van der Waals surface area contributed by atoms with Crippen molar-refractivity contribution in [2.75, 3.05) is 0 Å². The SMILES string of the molecule is Cc1ccc(F)cc1CC(=O)C(C)C(N)c1ccccc1. The number of carbonyl (C=O) groups excluding carboxylic acids is 1. The quantitative estimate of drug-likeness (QED) is 0.912. The van der Waals surface area contributed by atoms with Crippen molar-refractivity contribution < 1.29 is 9.18 Å². The molecule has 0 fully saturated rings. The van der Waals surface area contributed by atoms with Crippen LogP contribution in [0, 0.1) is 18.7 Å². The molecule has 0 saturated heterocycles. The molecule has 2 atom stereocenters. The van der Waals surface area contributed by atoms with Gasteiger partial charge in [-0.1, -0.05) is 43.3 Å². The summed E-state index contributed by atoms with van der Waals surface area (Å²) in [6.07, 6.45) is 0.214.